The maximum absolute atomic E-state index is 12.4. The highest BCUT2D eigenvalue weighted by molar-refractivity contribution is 9.10. The van der Waals surface area contributed by atoms with Gasteiger partial charge < -0.3 is 19.1 Å². The Bertz CT molecular complexity index is 751. The van der Waals surface area contributed by atoms with E-state index in [1.54, 1.807) is 12.1 Å². The summed E-state index contributed by atoms with van der Waals surface area (Å²) >= 11 is 3.24. The lowest BCUT2D eigenvalue weighted by Gasteiger charge is -2.35. The van der Waals surface area contributed by atoms with Gasteiger partial charge in [-0.05, 0) is 47.0 Å². The molecule has 0 unspecified atom stereocenters. The minimum absolute atomic E-state index is 0.0641. The number of hydrogen-bond acceptors (Lipinski definition) is 6. The quantitative estimate of drug-likeness (QED) is 0.780. The first-order valence-electron chi connectivity index (χ1n) is 8.58. The van der Waals surface area contributed by atoms with Crippen LogP contribution < -0.4 is 9.80 Å². The molecule has 0 aromatic carbocycles. The van der Waals surface area contributed by atoms with Crippen LogP contribution in [-0.2, 0) is 0 Å². The maximum Gasteiger partial charge on any atom is 0.289 e. The van der Waals surface area contributed by atoms with Gasteiger partial charge in [0.1, 0.15) is 5.82 Å². The summed E-state index contributed by atoms with van der Waals surface area (Å²) < 4.78 is 5.94. The van der Waals surface area contributed by atoms with Crippen molar-refractivity contribution < 1.29 is 9.21 Å². The molecular formula is C17H20BrN5O2. The Hall–Kier alpha value is -2.09. The van der Waals surface area contributed by atoms with Gasteiger partial charge in [-0.15, -0.1) is 0 Å². The number of rotatable bonds is 3. The van der Waals surface area contributed by atoms with Crippen molar-refractivity contribution in [2.24, 2.45) is 0 Å². The molecule has 2 aliphatic heterocycles. The van der Waals surface area contributed by atoms with Gasteiger partial charge in [-0.1, -0.05) is 0 Å². The molecule has 0 saturated carbocycles. The summed E-state index contributed by atoms with van der Waals surface area (Å²) in [4.78, 5) is 27.8. The van der Waals surface area contributed by atoms with E-state index in [1.807, 2.05) is 17.2 Å². The highest BCUT2D eigenvalue weighted by Gasteiger charge is 2.25. The molecule has 132 valence electrons. The third-order valence-corrected chi connectivity index (χ3v) is 5.12. The van der Waals surface area contributed by atoms with E-state index in [0.29, 0.717) is 23.5 Å². The smallest absolute Gasteiger partial charge is 0.289 e. The van der Waals surface area contributed by atoms with E-state index in [1.165, 1.54) is 12.8 Å². The van der Waals surface area contributed by atoms with Crippen molar-refractivity contribution in [1.29, 1.82) is 0 Å². The zero-order valence-electron chi connectivity index (χ0n) is 13.9. The van der Waals surface area contributed by atoms with Crippen LogP contribution in [-0.4, -0.2) is 60.0 Å². The first-order chi connectivity index (χ1) is 12.2. The molecular weight excluding hydrogens is 386 g/mol. The van der Waals surface area contributed by atoms with Crippen molar-refractivity contribution in [3.05, 3.63) is 34.8 Å². The summed E-state index contributed by atoms with van der Waals surface area (Å²) in [6.07, 6.45) is 4.24. The second kappa shape index (κ2) is 7.03. The van der Waals surface area contributed by atoms with Crippen LogP contribution in [0, 0.1) is 0 Å². The van der Waals surface area contributed by atoms with Crippen LogP contribution in [0.4, 0.5) is 11.8 Å². The number of aromatic nitrogens is 2. The largest absolute Gasteiger partial charge is 0.444 e. The Balaban J connectivity index is 1.40. The van der Waals surface area contributed by atoms with Crippen LogP contribution in [0.1, 0.15) is 23.4 Å². The first kappa shape index (κ1) is 16.4. The monoisotopic (exact) mass is 405 g/mol. The van der Waals surface area contributed by atoms with Gasteiger partial charge in [0, 0.05) is 45.5 Å². The summed E-state index contributed by atoms with van der Waals surface area (Å²) in [5.41, 5.74) is 0. The average molecular weight is 406 g/mol. The van der Waals surface area contributed by atoms with Crippen molar-refractivity contribution in [2.75, 3.05) is 49.1 Å². The molecule has 0 bridgehead atoms. The van der Waals surface area contributed by atoms with E-state index in [4.69, 9.17) is 9.40 Å². The molecule has 0 atom stereocenters. The topological polar surface area (TPSA) is 65.7 Å². The zero-order valence-corrected chi connectivity index (χ0v) is 15.5. The molecule has 2 aliphatic rings. The molecule has 2 aromatic heterocycles. The third-order valence-electron chi connectivity index (χ3n) is 4.69. The molecule has 7 nitrogen and oxygen atoms in total. The molecule has 0 spiro atoms. The fraction of sp³-hybridized carbons (Fsp3) is 0.471. The van der Waals surface area contributed by atoms with Crippen LogP contribution >= 0.6 is 15.9 Å². The molecule has 2 fully saturated rings. The Morgan fingerprint density at radius 2 is 1.76 bits per heavy atom. The lowest BCUT2D eigenvalue weighted by atomic mass is 10.3. The van der Waals surface area contributed by atoms with Gasteiger partial charge >= 0.3 is 0 Å². The minimum Gasteiger partial charge on any atom is -0.444 e. The fourth-order valence-electron chi connectivity index (χ4n) is 3.31. The number of carbonyl (C=O) groups excluding carboxylic acids is 1. The Labute approximate surface area is 154 Å². The average Bonchev–Trinajstić information content (AvgIpc) is 3.33. The van der Waals surface area contributed by atoms with Gasteiger partial charge in [0.15, 0.2) is 10.4 Å². The summed E-state index contributed by atoms with van der Waals surface area (Å²) in [6.45, 7) is 4.88. The van der Waals surface area contributed by atoms with E-state index >= 15 is 0 Å². The molecule has 0 aliphatic carbocycles. The van der Waals surface area contributed by atoms with Gasteiger partial charge in [0.2, 0.25) is 5.95 Å². The molecule has 8 heteroatoms. The summed E-state index contributed by atoms with van der Waals surface area (Å²) in [6, 6.07) is 5.39. The van der Waals surface area contributed by atoms with Crippen LogP contribution in [0.25, 0.3) is 0 Å². The number of furan rings is 1. The summed E-state index contributed by atoms with van der Waals surface area (Å²) in [5.74, 6) is 2.06. The van der Waals surface area contributed by atoms with Crippen LogP contribution in [0.15, 0.2) is 33.5 Å². The first-order valence-corrected chi connectivity index (χ1v) is 9.37. The lowest BCUT2D eigenvalue weighted by Crippen LogP contribution is -2.49. The highest BCUT2D eigenvalue weighted by Crippen LogP contribution is 2.21. The summed E-state index contributed by atoms with van der Waals surface area (Å²) in [5, 5.41) is 0. The van der Waals surface area contributed by atoms with E-state index < -0.39 is 0 Å². The number of hydrogen-bond donors (Lipinski definition) is 0. The molecule has 0 N–H and O–H groups in total. The zero-order chi connectivity index (χ0) is 17.2. The Morgan fingerprint density at radius 1 is 1.00 bits per heavy atom. The van der Waals surface area contributed by atoms with Gasteiger partial charge in [-0.25, -0.2) is 4.98 Å². The maximum atomic E-state index is 12.4. The SMILES string of the molecule is O=C(c1ccc(Br)o1)N1CCN(c2ccnc(N3CCCC3)n2)CC1. The fourth-order valence-corrected chi connectivity index (χ4v) is 3.62. The van der Waals surface area contributed by atoms with Crippen LogP contribution in [0.2, 0.25) is 0 Å². The van der Waals surface area contributed by atoms with E-state index in [0.717, 1.165) is 37.9 Å². The molecule has 1 amide bonds. The molecule has 4 rings (SSSR count). The second-order valence-corrected chi connectivity index (χ2v) is 7.07. The number of piperazine rings is 1. The van der Waals surface area contributed by atoms with Gasteiger partial charge in [0.25, 0.3) is 5.91 Å². The van der Waals surface area contributed by atoms with Crippen molar-refractivity contribution in [1.82, 2.24) is 14.9 Å². The van der Waals surface area contributed by atoms with Gasteiger partial charge in [-0.3, -0.25) is 4.79 Å². The molecule has 2 aromatic rings. The molecule has 0 radical (unpaired) electrons. The molecule has 4 heterocycles. The third kappa shape index (κ3) is 3.49. The van der Waals surface area contributed by atoms with Gasteiger partial charge in [0.05, 0.1) is 0 Å². The minimum atomic E-state index is -0.0641. The van der Waals surface area contributed by atoms with Gasteiger partial charge in [-0.2, -0.15) is 4.98 Å². The predicted molar refractivity (Wildman–Crippen MR) is 98.0 cm³/mol. The Kier molecular flexibility index (Phi) is 4.61. The van der Waals surface area contributed by atoms with Crippen LogP contribution in [0.5, 0.6) is 0 Å². The standard InChI is InChI=1S/C17H20BrN5O2/c18-14-4-3-13(25-14)16(24)22-11-9-21(10-12-22)15-5-6-19-17(20-15)23-7-1-2-8-23/h3-6H,1-2,7-12H2. The van der Waals surface area contributed by atoms with Crippen molar-refractivity contribution in [2.45, 2.75) is 12.8 Å². The van der Waals surface area contributed by atoms with E-state index in [2.05, 4.69) is 30.7 Å². The number of nitrogens with zero attached hydrogens (tertiary/aromatic N) is 5. The van der Waals surface area contributed by atoms with Crippen LogP contribution in [0.3, 0.4) is 0 Å². The predicted octanol–water partition coefficient (Wildman–Crippen LogP) is 2.39. The Morgan fingerprint density at radius 3 is 2.44 bits per heavy atom. The van der Waals surface area contributed by atoms with E-state index in [-0.39, 0.29) is 5.91 Å². The van der Waals surface area contributed by atoms with Crippen molar-refractivity contribution in [3.63, 3.8) is 0 Å². The van der Waals surface area contributed by atoms with E-state index in [9.17, 15) is 4.79 Å². The summed E-state index contributed by atoms with van der Waals surface area (Å²) in [7, 11) is 0. The molecule has 2 saturated heterocycles. The normalized spacial score (nSPS) is 18.0. The number of amides is 1. The number of anilines is 2. The molecule has 25 heavy (non-hydrogen) atoms. The van der Waals surface area contributed by atoms with Crippen molar-refractivity contribution in [3.8, 4) is 0 Å². The number of halogens is 1. The lowest BCUT2D eigenvalue weighted by molar-refractivity contribution is 0.0713. The van der Waals surface area contributed by atoms with Crippen molar-refractivity contribution >= 4 is 33.6 Å². The second-order valence-electron chi connectivity index (χ2n) is 6.29. The highest BCUT2D eigenvalue weighted by atomic mass is 79.9. The number of carbonyl (C=O) groups is 1.